The number of aliphatic imine (C=N–C) groups is 1. The molecule has 0 radical (unpaired) electrons. The number of methoxy groups -OCH3 is 1. The molecule has 0 atom stereocenters. The maximum atomic E-state index is 10.7. The number of aliphatic hydroxyl groups is 1. The van der Waals surface area contributed by atoms with Crippen molar-refractivity contribution in [2.75, 3.05) is 27.2 Å². The van der Waals surface area contributed by atoms with Gasteiger partial charge in [0.2, 0.25) is 0 Å². The first-order valence-electron chi connectivity index (χ1n) is 8.91. The third kappa shape index (κ3) is 7.01. The van der Waals surface area contributed by atoms with Gasteiger partial charge in [-0.1, -0.05) is 31.4 Å². The zero-order valence-corrected chi connectivity index (χ0v) is 18.0. The lowest BCUT2D eigenvalue weighted by atomic mass is 9.85. The quantitative estimate of drug-likeness (QED) is 0.388. The molecule has 6 heteroatoms. The van der Waals surface area contributed by atoms with Gasteiger partial charge in [0.05, 0.1) is 19.3 Å². The van der Waals surface area contributed by atoms with E-state index in [2.05, 4.69) is 29.3 Å². The maximum Gasteiger partial charge on any atom is 0.194 e. The number of benzene rings is 1. The number of hydrogen-bond acceptors (Lipinski definition) is 3. The Hall–Kier alpha value is -1.02. The number of nitrogens with one attached hydrogen (secondary N) is 1. The first-order chi connectivity index (χ1) is 11.6. The highest BCUT2D eigenvalue weighted by Crippen LogP contribution is 2.28. The molecular formula is C19H32IN3O2. The fourth-order valence-corrected chi connectivity index (χ4v) is 3.14. The van der Waals surface area contributed by atoms with E-state index in [1.54, 1.807) is 7.11 Å². The maximum absolute atomic E-state index is 10.7. The molecule has 1 saturated carbocycles. The summed E-state index contributed by atoms with van der Waals surface area (Å²) in [5.41, 5.74) is 0.570. The smallest absolute Gasteiger partial charge is 0.194 e. The van der Waals surface area contributed by atoms with Crippen molar-refractivity contribution in [2.24, 2.45) is 4.99 Å². The molecule has 0 amide bonds. The monoisotopic (exact) mass is 461 g/mol. The van der Waals surface area contributed by atoms with E-state index in [0.717, 1.165) is 50.5 Å². The van der Waals surface area contributed by atoms with E-state index in [4.69, 9.17) is 9.73 Å². The van der Waals surface area contributed by atoms with Crippen LogP contribution in [-0.4, -0.2) is 48.8 Å². The lowest BCUT2D eigenvalue weighted by Gasteiger charge is -2.31. The van der Waals surface area contributed by atoms with E-state index in [1.807, 2.05) is 19.2 Å². The molecule has 0 spiro atoms. The molecule has 1 aliphatic carbocycles. The lowest BCUT2D eigenvalue weighted by Crippen LogP contribution is -2.41. The average molecular weight is 461 g/mol. The predicted molar refractivity (Wildman–Crippen MR) is 114 cm³/mol. The van der Waals surface area contributed by atoms with Crippen LogP contribution in [0.15, 0.2) is 29.3 Å². The molecule has 0 bridgehead atoms. The zero-order valence-electron chi connectivity index (χ0n) is 15.6. The molecule has 25 heavy (non-hydrogen) atoms. The van der Waals surface area contributed by atoms with Gasteiger partial charge in [-0.3, -0.25) is 4.99 Å². The van der Waals surface area contributed by atoms with Crippen molar-refractivity contribution >= 4 is 29.9 Å². The van der Waals surface area contributed by atoms with E-state index in [-0.39, 0.29) is 24.0 Å². The van der Waals surface area contributed by atoms with Gasteiger partial charge in [-0.05, 0) is 37.5 Å². The number of nitrogens with zero attached hydrogens (tertiary/aromatic N) is 2. The van der Waals surface area contributed by atoms with Gasteiger partial charge in [0.15, 0.2) is 5.96 Å². The van der Waals surface area contributed by atoms with Gasteiger partial charge in [0, 0.05) is 20.1 Å². The molecule has 0 saturated heterocycles. The minimum atomic E-state index is -0.625. The Morgan fingerprint density at radius 3 is 2.44 bits per heavy atom. The van der Waals surface area contributed by atoms with E-state index in [9.17, 15) is 5.11 Å². The molecule has 1 aliphatic rings. The number of ether oxygens (including phenoxy) is 1. The standard InChI is InChI=1S/C19H31N3O2.HI/c1-4-20-18(21-15-19(23)12-6-5-7-13-19)22(2)14-16-8-10-17(24-3)11-9-16;/h8-11,23H,4-7,12-15H2,1-3H3,(H,20,21);1H. The van der Waals surface area contributed by atoms with Gasteiger partial charge in [-0.15, -0.1) is 24.0 Å². The molecule has 2 N–H and O–H groups in total. The molecule has 5 nitrogen and oxygen atoms in total. The van der Waals surface area contributed by atoms with Crippen molar-refractivity contribution in [1.29, 1.82) is 0 Å². The van der Waals surface area contributed by atoms with Crippen LogP contribution in [0.25, 0.3) is 0 Å². The number of rotatable bonds is 6. The van der Waals surface area contributed by atoms with Crippen LogP contribution in [0.4, 0.5) is 0 Å². The molecule has 1 aromatic rings. The van der Waals surface area contributed by atoms with Crippen LogP contribution in [0.1, 0.15) is 44.6 Å². The summed E-state index contributed by atoms with van der Waals surface area (Å²) in [5.74, 6) is 1.70. The SMILES string of the molecule is CCNC(=NCC1(O)CCCCC1)N(C)Cc1ccc(OC)cc1.I. The Morgan fingerprint density at radius 2 is 1.88 bits per heavy atom. The fraction of sp³-hybridized carbons (Fsp3) is 0.632. The topological polar surface area (TPSA) is 57.1 Å². The lowest BCUT2D eigenvalue weighted by molar-refractivity contribution is 0.0130. The van der Waals surface area contributed by atoms with Crippen LogP contribution in [0.2, 0.25) is 0 Å². The summed E-state index contributed by atoms with van der Waals surface area (Å²) in [6.07, 6.45) is 5.15. The Labute approximate surface area is 168 Å². The second-order valence-corrected chi connectivity index (χ2v) is 6.66. The Balaban J connectivity index is 0.00000312. The van der Waals surface area contributed by atoms with Crippen LogP contribution < -0.4 is 10.1 Å². The minimum absolute atomic E-state index is 0. The highest BCUT2D eigenvalue weighted by molar-refractivity contribution is 14.0. The van der Waals surface area contributed by atoms with E-state index < -0.39 is 5.60 Å². The van der Waals surface area contributed by atoms with E-state index in [1.165, 1.54) is 12.0 Å². The van der Waals surface area contributed by atoms with E-state index in [0.29, 0.717) is 6.54 Å². The van der Waals surface area contributed by atoms with Crippen molar-refractivity contribution in [3.8, 4) is 5.75 Å². The first kappa shape index (κ1) is 22.0. The Bertz CT molecular complexity index is 528. The van der Waals surface area contributed by atoms with Gasteiger partial charge in [0.25, 0.3) is 0 Å². The number of guanidine groups is 1. The molecule has 1 aromatic carbocycles. The summed E-state index contributed by atoms with van der Waals surface area (Å²) in [6, 6.07) is 8.07. The highest BCUT2D eigenvalue weighted by Gasteiger charge is 2.29. The van der Waals surface area contributed by atoms with Crippen LogP contribution in [-0.2, 0) is 6.54 Å². The molecule has 0 heterocycles. The molecule has 0 aliphatic heterocycles. The van der Waals surface area contributed by atoms with Crippen molar-refractivity contribution in [1.82, 2.24) is 10.2 Å². The molecule has 0 aromatic heterocycles. The summed E-state index contributed by atoms with van der Waals surface area (Å²) < 4.78 is 5.20. The molecule has 2 rings (SSSR count). The summed E-state index contributed by atoms with van der Waals surface area (Å²) >= 11 is 0. The fourth-order valence-electron chi connectivity index (χ4n) is 3.14. The summed E-state index contributed by atoms with van der Waals surface area (Å²) in [4.78, 5) is 6.79. The van der Waals surface area contributed by atoms with Crippen molar-refractivity contribution in [2.45, 2.75) is 51.2 Å². The Kier molecular flexibility index (Phi) is 9.56. The number of halogens is 1. The minimum Gasteiger partial charge on any atom is -0.497 e. The van der Waals surface area contributed by atoms with E-state index >= 15 is 0 Å². The van der Waals surface area contributed by atoms with Gasteiger partial charge in [-0.25, -0.2) is 0 Å². The van der Waals surface area contributed by atoms with Crippen molar-refractivity contribution in [3.63, 3.8) is 0 Å². The third-order valence-corrected chi connectivity index (χ3v) is 4.58. The largest absolute Gasteiger partial charge is 0.497 e. The predicted octanol–water partition coefficient (Wildman–Crippen LogP) is 3.41. The second-order valence-electron chi connectivity index (χ2n) is 6.66. The van der Waals surface area contributed by atoms with Gasteiger partial charge < -0.3 is 20.1 Å². The van der Waals surface area contributed by atoms with Crippen LogP contribution in [0, 0.1) is 0 Å². The first-order valence-corrected chi connectivity index (χ1v) is 8.91. The van der Waals surface area contributed by atoms with Gasteiger partial charge in [0.1, 0.15) is 5.75 Å². The summed E-state index contributed by atoms with van der Waals surface area (Å²) in [6.45, 7) is 4.10. The molecule has 1 fully saturated rings. The molecule has 142 valence electrons. The summed E-state index contributed by atoms with van der Waals surface area (Å²) in [7, 11) is 3.70. The van der Waals surface area contributed by atoms with Crippen LogP contribution in [0.5, 0.6) is 5.75 Å². The second kappa shape index (κ2) is 10.9. The van der Waals surface area contributed by atoms with Gasteiger partial charge >= 0.3 is 0 Å². The van der Waals surface area contributed by atoms with Crippen LogP contribution >= 0.6 is 24.0 Å². The number of hydrogen-bond donors (Lipinski definition) is 2. The third-order valence-electron chi connectivity index (χ3n) is 4.58. The van der Waals surface area contributed by atoms with Crippen molar-refractivity contribution in [3.05, 3.63) is 29.8 Å². The van der Waals surface area contributed by atoms with Gasteiger partial charge in [-0.2, -0.15) is 0 Å². The molecule has 0 unspecified atom stereocenters. The Morgan fingerprint density at radius 1 is 1.24 bits per heavy atom. The van der Waals surface area contributed by atoms with Crippen molar-refractivity contribution < 1.29 is 9.84 Å². The normalized spacial score (nSPS) is 16.7. The molecular weight excluding hydrogens is 429 g/mol. The zero-order chi connectivity index (χ0) is 17.4. The summed E-state index contributed by atoms with van der Waals surface area (Å²) in [5, 5.41) is 14.0. The highest BCUT2D eigenvalue weighted by atomic mass is 127. The average Bonchev–Trinajstić information content (AvgIpc) is 2.60. The van der Waals surface area contributed by atoms with Crippen LogP contribution in [0.3, 0.4) is 0 Å².